The summed E-state index contributed by atoms with van der Waals surface area (Å²) in [5, 5.41) is 0. The number of aromatic nitrogens is 2. The van der Waals surface area contributed by atoms with Gasteiger partial charge in [0.2, 0.25) is 6.33 Å². The van der Waals surface area contributed by atoms with Gasteiger partial charge in [-0.15, -0.1) is 0 Å². The maximum atomic E-state index is 2.28. The summed E-state index contributed by atoms with van der Waals surface area (Å²) in [4.78, 5) is 2.23. The summed E-state index contributed by atoms with van der Waals surface area (Å²) in [5.74, 6) is 0. The molecule has 0 spiro atoms. The Morgan fingerprint density at radius 1 is 1.27 bits per heavy atom. The van der Waals surface area contributed by atoms with Gasteiger partial charge in [-0.3, -0.25) is 0 Å². The Morgan fingerprint density at radius 2 is 2.07 bits per heavy atom. The average molecular weight is 210 g/mol. The molecule has 0 atom stereocenters. The van der Waals surface area contributed by atoms with Gasteiger partial charge in [-0.1, -0.05) is 13.3 Å². The van der Waals surface area contributed by atoms with Gasteiger partial charge in [-0.2, -0.15) is 0 Å². The molecule has 0 aliphatic carbocycles. The normalized spacial score (nSPS) is 11.2. The van der Waals surface area contributed by atoms with Gasteiger partial charge >= 0.3 is 0 Å². The lowest BCUT2D eigenvalue weighted by Crippen LogP contribution is -2.32. The quantitative estimate of drug-likeness (QED) is 0.622. The van der Waals surface area contributed by atoms with Crippen LogP contribution in [0, 0.1) is 0 Å². The van der Waals surface area contributed by atoms with E-state index in [0.717, 1.165) is 19.6 Å². The van der Waals surface area contributed by atoms with Crippen LogP contribution in [0.25, 0.3) is 0 Å². The van der Waals surface area contributed by atoms with Crippen molar-refractivity contribution < 1.29 is 4.57 Å². The molecule has 0 aliphatic rings. The van der Waals surface area contributed by atoms with Crippen LogP contribution in [-0.4, -0.2) is 30.1 Å². The van der Waals surface area contributed by atoms with Crippen molar-refractivity contribution in [1.29, 1.82) is 0 Å². The zero-order valence-corrected chi connectivity index (χ0v) is 10.3. The smallest absolute Gasteiger partial charge is 0.243 e. The molecule has 0 radical (unpaired) electrons. The van der Waals surface area contributed by atoms with Crippen molar-refractivity contribution in [2.75, 3.05) is 20.6 Å². The summed E-state index contributed by atoms with van der Waals surface area (Å²) >= 11 is 0. The van der Waals surface area contributed by atoms with Gasteiger partial charge in [0.1, 0.15) is 12.4 Å². The van der Waals surface area contributed by atoms with Crippen molar-refractivity contribution in [3.8, 4) is 0 Å². The van der Waals surface area contributed by atoms with Crippen molar-refractivity contribution in [1.82, 2.24) is 9.47 Å². The van der Waals surface area contributed by atoms with Crippen LogP contribution in [0.2, 0.25) is 0 Å². The van der Waals surface area contributed by atoms with Gasteiger partial charge in [-0.05, 0) is 26.9 Å². The van der Waals surface area contributed by atoms with Crippen LogP contribution in [0.15, 0.2) is 18.7 Å². The molecule has 0 aromatic carbocycles. The number of hydrogen-bond donors (Lipinski definition) is 0. The molecule has 0 unspecified atom stereocenters. The van der Waals surface area contributed by atoms with E-state index >= 15 is 0 Å². The second kappa shape index (κ2) is 6.62. The number of aryl methyl sites for hydroxylation is 2. The molecule has 3 heteroatoms. The molecule has 86 valence electrons. The van der Waals surface area contributed by atoms with E-state index in [4.69, 9.17) is 0 Å². The Balaban J connectivity index is 2.26. The minimum Gasteiger partial charge on any atom is -0.309 e. The molecular weight excluding hydrogens is 186 g/mol. The number of imidazole rings is 1. The zero-order chi connectivity index (χ0) is 11.1. The minimum atomic E-state index is 1.12. The molecule has 0 fully saturated rings. The van der Waals surface area contributed by atoms with Gasteiger partial charge in [0.05, 0.1) is 13.1 Å². The van der Waals surface area contributed by atoms with Crippen LogP contribution in [0.1, 0.15) is 26.2 Å². The van der Waals surface area contributed by atoms with Crippen LogP contribution in [0.4, 0.5) is 0 Å². The Bertz CT molecular complexity index is 266. The fourth-order valence-corrected chi connectivity index (χ4v) is 1.61. The van der Waals surface area contributed by atoms with Crippen molar-refractivity contribution in [3.05, 3.63) is 18.7 Å². The van der Waals surface area contributed by atoms with Crippen LogP contribution in [0.3, 0.4) is 0 Å². The largest absolute Gasteiger partial charge is 0.309 e. The first kappa shape index (κ1) is 12.2. The van der Waals surface area contributed by atoms with E-state index < -0.39 is 0 Å². The Kier molecular flexibility index (Phi) is 5.40. The minimum absolute atomic E-state index is 1.12. The van der Waals surface area contributed by atoms with E-state index in [9.17, 15) is 0 Å². The zero-order valence-electron chi connectivity index (χ0n) is 10.3. The van der Waals surface area contributed by atoms with Gasteiger partial charge in [0.15, 0.2) is 0 Å². The summed E-state index contributed by atoms with van der Waals surface area (Å²) in [5.41, 5.74) is 0. The molecule has 0 saturated heterocycles. The first-order chi connectivity index (χ1) is 7.22. The summed E-state index contributed by atoms with van der Waals surface area (Å²) in [6.07, 6.45) is 10.3. The Morgan fingerprint density at radius 3 is 2.73 bits per heavy atom. The highest BCUT2D eigenvalue weighted by molar-refractivity contribution is 4.65. The molecule has 1 aromatic heterocycles. The predicted octanol–water partition coefficient (Wildman–Crippen LogP) is 1.53. The average Bonchev–Trinajstić information content (AvgIpc) is 2.62. The lowest BCUT2D eigenvalue weighted by molar-refractivity contribution is -0.696. The first-order valence-corrected chi connectivity index (χ1v) is 5.92. The monoisotopic (exact) mass is 210 g/mol. The summed E-state index contributed by atoms with van der Waals surface area (Å²) in [6.45, 7) is 5.66. The van der Waals surface area contributed by atoms with Gasteiger partial charge in [0, 0.05) is 6.54 Å². The molecule has 1 aromatic rings. The molecule has 15 heavy (non-hydrogen) atoms. The lowest BCUT2D eigenvalue weighted by Gasteiger charge is -2.06. The van der Waals surface area contributed by atoms with Crippen LogP contribution in [-0.2, 0) is 13.1 Å². The van der Waals surface area contributed by atoms with Gasteiger partial charge in [-0.25, -0.2) is 9.13 Å². The van der Waals surface area contributed by atoms with E-state index in [1.54, 1.807) is 0 Å². The fourth-order valence-electron chi connectivity index (χ4n) is 1.61. The number of hydrogen-bond acceptors (Lipinski definition) is 1. The third-order valence-corrected chi connectivity index (χ3v) is 2.54. The predicted molar refractivity (Wildman–Crippen MR) is 62.7 cm³/mol. The first-order valence-electron chi connectivity index (χ1n) is 5.92. The SMILES string of the molecule is CCCCn1cc[n+](CCCN(C)C)c1. The van der Waals surface area contributed by atoms with Gasteiger partial charge < -0.3 is 4.90 Å². The standard InChI is InChI=1S/C12H24N3/c1-4-5-8-14-10-11-15(12-14)9-6-7-13(2)3/h10-12H,4-9H2,1-3H3/q+1. The van der Waals surface area contributed by atoms with E-state index in [1.807, 2.05) is 0 Å². The number of unbranched alkanes of at least 4 members (excludes halogenated alkanes) is 1. The summed E-state index contributed by atoms with van der Waals surface area (Å²) in [7, 11) is 4.24. The highest BCUT2D eigenvalue weighted by Gasteiger charge is 2.02. The summed E-state index contributed by atoms with van der Waals surface area (Å²) < 4.78 is 4.55. The molecule has 0 aliphatic heterocycles. The highest BCUT2D eigenvalue weighted by Crippen LogP contribution is 1.93. The topological polar surface area (TPSA) is 12.0 Å². The van der Waals surface area contributed by atoms with Gasteiger partial charge in [0.25, 0.3) is 0 Å². The van der Waals surface area contributed by atoms with E-state index in [-0.39, 0.29) is 0 Å². The molecule has 0 bridgehead atoms. The van der Waals surface area contributed by atoms with Crippen molar-refractivity contribution in [2.45, 2.75) is 39.3 Å². The van der Waals surface area contributed by atoms with E-state index in [2.05, 4.69) is 53.8 Å². The van der Waals surface area contributed by atoms with Crippen LogP contribution < -0.4 is 4.57 Å². The lowest BCUT2D eigenvalue weighted by atomic mass is 10.3. The maximum Gasteiger partial charge on any atom is 0.243 e. The molecule has 0 amide bonds. The third-order valence-electron chi connectivity index (χ3n) is 2.54. The molecule has 0 N–H and O–H groups in total. The van der Waals surface area contributed by atoms with Crippen molar-refractivity contribution in [3.63, 3.8) is 0 Å². The maximum absolute atomic E-state index is 2.28. The van der Waals surface area contributed by atoms with E-state index in [1.165, 1.54) is 19.3 Å². The highest BCUT2D eigenvalue weighted by atomic mass is 15.1. The van der Waals surface area contributed by atoms with Crippen molar-refractivity contribution >= 4 is 0 Å². The molecule has 1 heterocycles. The Hall–Kier alpha value is -0.830. The Labute approximate surface area is 93.3 Å². The van der Waals surface area contributed by atoms with Crippen LogP contribution >= 0.6 is 0 Å². The second-order valence-electron chi connectivity index (χ2n) is 4.40. The number of rotatable bonds is 7. The number of nitrogens with zero attached hydrogens (tertiary/aromatic N) is 3. The second-order valence-corrected chi connectivity index (χ2v) is 4.40. The third kappa shape index (κ3) is 4.98. The van der Waals surface area contributed by atoms with Crippen LogP contribution in [0.5, 0.6) is 0 Å². The fraction of sp³-hybridized carbons (Fsp3) is 0.750. The molecular formula is C12H24N3+. The van der Waals surface area contributed by atoms with E-state index in [0.29, 0.717) is 0 Å². The summed E-state index contributed by atoms with van der Waals surface area (Å²) in [6, 6.07) is 0. The molecule has 0 saturated carbocycles. The van der Waals surface area contributed by atoms with Crippen molar-refractivity contribution in [2.24, 2.45) is 0 Å². The molecule has 1 rings (SSSR count). The molecule has 3 nitrogen and oxygen atoms in total.